The van der Waals surface area contributed by atoms with Gasteiger partial charge < -0.3 is 0 Å². The Bertz CT molecular complexity index is 694. The summed E-state index contributed by atoms with van der Waals surface area (Å²) in [4.78, 5) is 5.27. The molecule has 0 saturated carbocycles. The molecule has 0 unspecified atom stereocenters. The minimum atomic E-state index is 0.287. The van der Waals surface area contributed by atoms with Crippen LogP contribution in [0.4, 0.5) is 0 Å². The van der Waals surface area contributed by atoms with Crippen molar-refractivity contribution in [1.29, 1.82) is 0 Å². The monoisotopic (exact) mass is 328 g/mol. The fraction of sp³-hybridized carbons (Fsp3) is 0.375. The maximum Gasteiger partial charge on any atom is 0.137 e. The summed E-state index contributed by atoms with van der Waals surface area (Å²) in [5, 5.41) is 12.8. The molecule has 1 aromatic carbocycles. The first-order valence-electron chi connectivity index (χ1n) is 7.76. The lowest BCUT2D eigenvalue weighted by molar-refractivity contribution is 0.413. The summed E-state index contributed by atoms with van der Waals surface area (Å²) in [6.45, 7) is 2.18. The van der Waals surface area contributed by atoms with Crippen LogP contribution in [0.2, 0.25) is 0 Å². The molecule has 3 rings (SSSR count). The van der Waals surface area contributed by atoms with Crippen LogP contribution in [0, 0.1) is 0 Å². The third-order valence-electron chi connectivity index (χ3n) is 3.57. The molecule has 0 aliphatic heterocycles. The lowest BCUT2D eigenvalue weighted by atomic mass is 10.1. The summed E-state index contributed by atoms with van der Waals surface area (Å²) >= 11 is 1.75. The molecule has 6 nitrogen and oxygen atoms in total. The SMILES string of the molecule is CCC[C@H](Cc1cn(CSc2ccccc2)nn1)n1cncn1. The first-order chi connectivity index (χ1) is 11.3. The number of nitrogens with zero attached hydrogens (tertiary/aromatic N) is 6. The van der Waals surface area contributed by atoms with Crippen molar-refractivity contribution >= 4 is 11.8 Å². The van der Waals surface area contributed by atoms with E-state index in [1.54, 1.807) is 24.4 Å². The molecule has 0 bridgehead atoms. The zero-order chi connectivity index (χ0) is 15.9. The lowest BCUT2D eigenvalue weighted by Crippen LogP contribution is -2.12. The van der Waals surface area contributed by atoms with Crippen LogP contribution < -0.4 is 0 Å². The highest BCUT2D eigenvalue weighted by Gasteiger charge is 2.14. The molecule has 3 aromatic rings. The molecular weight excluding hydrogens is 308 g/mol. The van der Waals surface area contributed by atoms with Crippen LogP contribution in [0.1, 0.15) is 31.5 Å². The molecule has 0 radical (unpaired) electrons. The number of rotatable bonds is 8. The summed E-state index contributed by atoms with van der Waals surface area (Å²) in [7, 11) is 0. The summed E-state index contributed by atoms with van der Waals surface area (Å²) in [5.41, 5.74) is 0.993. The quantitative estimate of drug-likeness (QED) is 0.594. The van der Waals surface area contributed by atoms with E-state index < -0.39 is 0 Å². The standard InChI is InChI=1S/C16H20N6S/c1-2-6-15(22-12-17-11-18-22)9-14-10-21(20-19-14)13-23-16-7-4-3-5-8-16/h3-5,7-8,10-12,15H,2,6,9,13H2,1H3/t15-/m1/s1. The van der Waals surface area contributed by atoms with Gasteiger partial charge in [0.1, 0.15) is 12.7 Å². The zero-order valence-corrected chi connectivity index (χ0v) is 13.9. The minimum absolute atomic E-state index is 0.287. The van der Waals surface area contributed by atoms with Crippen molar-refractivity contribution in [1.82, 2.24) is 29.8 Å². The third-order valence-corrected chi connectivity index (χ3v) is 4.57. The first kappa shape index (κ1) is 15.7. The Morgan fingerprint density at radius 3 is 2.83 bits per heavy atom. The minimum Gasteiger partial charge on any atom is -0.250 e. The van der Waals surface area contributed by atoms with Crippen molar-refractivity contribution in [3.8, 4) is 0 Å². The Morgan fingerprint density at radius 2 is 2.09 bits per heavy atom. The van der Waals surface area contributed by atoms with Gasteiger partial charge in [-0.25, -0.2) is 14.3 Å². The number of thioether (sulfide) groups is 1. The van der Waals surface area contributed by atoms with Gasteiger partial charge in [-0.05, 0) is 18.6 Å². The molecule has 0 N–H and O–H groups in total. The molecule has 0 fully saturated rings. The summed E-state index contributed by atoms with van der Waals surface area (Å²) in [5.74, 6) is 0.763. The molecule has 0 saturated heterocycles. The van der Waals surface area contributed by atoms with Gasteiger partial charge in [0.25, 0.3) is 0 Å². The molecule has 120 valence electrons. The molecule has 2 heterocycles. The van der Waals surface area contributed by atoms with Gasteiger partial charge in [0, 0.05) is 17.5 Å². The molecule has 0 spiro atoms. The van der Waals surface area contributed by atoms with E-state index in [1.807, 2.05) is 33.8 Å². The predicted octanol–water partition coefficient (Wildman–Crippen LogP) is 3.20. The van der Waals surface area contributed by atoms with E-state index >= 15 is 0 Å². The average Bonchev–Trinajstić information content (AvgIpc) is 3.25. The van der Waals surface area contributed by atoms with E-state index in [4.69, 9.17) is 0 Å². The van der Waals surface area contributed by atoms with Gasteiger partial charge in [-0.1, -0.05) is 36.8 Å². The van der Waals surface area contributed by atoms with Crippen molar-refractivity contribution in [2.24, 2.45) is 0 Å². The van der Waals surface area contributed by atoms with Gasteiger partial charge in [0.05, 0.1) is 17.6 Å². The Hall–Kier alpha value is -2.15. The van der Waals surface area contributed by atoms with Crippen molar-refractivity contribution in [2.45, 2.75) is 43.0 Å². The second-order valence-corrected chi connectivity index (χ2v) is 6.38. The van der Waals surface area contributed by atoms with E-state index in [0.29, 0.717) is 0 Å². The molecule has 2 aromatic heterocycles. The van der Waals surface area contributed by atoms with E-state index in [9.17, 15) is 0 Å². The van der Waals surface area contributed by atoms with E-state index in [0.717, 1.165) is 30.8 Å². The summed E-state index contributed by atoms with van der Waals surface area (Å²) in [6, 6.07) is 10.6. The Balaban J connectivity index is 1.60. The maximum absolute atomic E-state index is 4.30. The maximum atomic E-state index is 4.30. The Morgan fingerprint density at radius 1 is 1.22 bits per heavy atom. The molecule has 23 heavy (non-hydrogen) atoms. The van der Waals surface area contributed by atoms with Crippen molar-refractivity contribution in [3.63, 3.8) is 0 Å². The van der Waals surface area contributed by atoms with E-state index in [1.165, 1.54) is 4.90 Å². The normalized spacial score (nSPS) is 12.4. The molecular formula is C16H20N6S. The number of aromatic nitrogens is 6. The number of hydrogen-bond acceptors (Lipinski definition) is 5. The van der Waals surface area contributed by atoms with Crippen molar-refractivity contribution in [3.05, 3.63) is 54.9 Å². The average molecular weight is 328 g/mol. The van der Waals surface area contributed by atoms with E-state index in [2.05, 4.69) is 39.5 Å². The number of hydrogen-bond donors (Lipinski definition) is 0. The van der Waals surface area contributed by atoms with Crippen LogP contribution in [0.25, 0.3) is 0 Å². The lowest BCUT2D eigenvalue weighted by Gasteiger charge is -2.14. The molecule has 7 heteroatoms. The van der Waals surface area contributed by atoms with Crippen LogP contribution >= 0.6 is 11.8 Å². The van der Waals surface area contributed by atoms with Crippen molar-refractivity contribution in [2.75, 3.05) is 0 Å². The zero-order valence-electron chi connectivity index (χ0n) is 13.1. The van der Waals surface area contributed by atoms with Gasteiger partial charge in [-0.15, -0.1) is 16.9 Å². The number of benzene rings is 1. The molecule has 1 atom stereocenters. The fourth-order valence-electron chi connectivity index (χ4n) is 2.46. The van der Waals surface area contributed by atoms with Gasteiger partial charge >= 0.3 is 0 Å². The first-order valence-corrected chi connectivity index (χ1v) is 8.74. The van der Waals surface area contributed by atoms with Crippen LogP contribution in [-0.4, -0.2) is 29.8 Å². The van der Waals surface area contributed by atoms with Gasteiger partial charge in [-0.3, -0.25) is 0 Å². The highest BCUT2D eigenvalue weighted by molar-refractivity contribution is 7.98. The fourth-order valence-corrected chi connectivity index (χ4v) is 3.22. The molecule has 0 aliphatic carbocycles. The smallest absolute Gasteiger partial charge is 0.137 e. The third kappa shape index (κ3) is 4.41. The second kappa shape index (κ2) is 7.92. The largest absolute Gasteiger partial charge is 0.250 e. The second-order valence-electron chi connectivity index (χ2n) is 5.36. The van der Waals surface area contributed by atoms with E-state index in [-0.39, 0.29) is 6.04 Å². The molecule has 0 aliphatic rings. The summed E-state index contributed by atoms with van der Waals surface area (Å²) in [6.07, 6.45) is 8.35. The van der Waals surface area contributed by atoms with Crippen LogP contribution in [0.15, 0.2) is 54.1 Å². The van der Waals surface area contributed by atoms with Crippen molar-refractivity contribution < 1.29 is 0 Å². The Kier molecular flexibility index (Phi) is 5.42. The topological polar surface area (TPSA) is 61.4 Å². The highest BCUT2D eigenvalue weighted by Crippen LogP contribution is 2.20. The summed E-state index contributed by atoms with van der Waals surface area (Å²) < 4.78 is 3.80. The van der Waals surface area contributed by atoms with Crippen LogP contribution in [0.5, 0.6) is 0 Å². The van der Waals surface area contributed by atoms with Gasteiger partial charge in [0.15, 0.2) is 0 Å². The molecule has 0 amide bonds. The highest BCUT2D eigenvalue weighted by atomic mass is 32.2. The Labute approximate surface area is 139 Å². The van der Waals surface area contributed by atoms with Crippen LogP contribution in [0.3, 0.4) is 0 Å². The predicted molar refractivity (Wildman–Crippen MR) is 90.0 cm³/mol. The van der Waals surface area contributed by atoms with Gasteiger partial charge in [-0.2, -0.15) is 5.10 Å². The van der Waals surface area contributed by atoms with Gasteiger partial charge in [0.2, 0.25) is 0 Å². The van der Waals surface area contributed by atoms with Crippen LogP contribution in [-0.2, 0) is 12.3 Å².